The molecular weight excluding hydrogens is 180 g/mol. The first kappa shape index (κ1) is 10.1. The summed E-state index contributed by atoms with van der Waals surface area (Å²) in [7, 11) is 8.38. The molecule has 1 nitrogen and oxygen atoms in total. The van der Waals surface area contributed by atoms with Crippen molar-refractivity contribution in [2.45, 2.75) is 0 Å². The third-order valence-corrected chi connectivity index (χ3v) is 1.80. The van der Waals surface area contributed by atoms with E-state index in [4.69, 9.17) is 0 Å². The number of hydrogen-bond acceptors (Lipinski definition) is 0. The van der Waals surface area contributed by atoms with E-state index in [0.29, 0.717) is 0 Å². The van der Waals surface area contributed by atoms with Crippen LogP contribution in [0.1, 0.15) is 0 Å². The van der Waals surface area contributed by atoms with Crippen molar-refractivity contribution in [1.82, 2.24) is 4.67 Å². The van der Waals surface area contributed by atoms with Crippen LogP contribution in [-0.2, 0) is 0 Å². The topological polar surface area (TPSA) is 3.24 Å². The van der Waals surface area contributed by atoms with Crippen LogP contribution in [0.2, 0.25) is 0 Å². The second-order valence-electron chi connectivity index (χ2n) is 0.947. The Morgan fingerprint density at radius 3 is 1.67 bits per heavy atom. The van der Waals surface area contributed by atoms with Crippen LogP contribution in [0, 0.1) is 0 Å². The zero-order valence-corrected chi connectivity index (χ0v) is 7.41. The van der Waals surface area contributed by atoms with E-state index in [0.717, 1.165) is 8.02 Å². The van der Waals surface area contributed by atoms with Gasteiger partial charge in [-0.25, -0.2) is 0 Å². The van der Waals surface area contributed by atoms with Crippen LogP contribution in [0.15, 0.2) is 0 Å². The van der Waals surface area contributed by atoms with Crippen LogP contribution in [0.3, 0.4) is 0 Å². The van der Waals surface area contributed by atoms with Crippen LogP contribution in [0.25, 0.3) is 0 Å². The normalized spacial score (nSPS) is 8.50. The highest BCUT2D eigenvalue weighted by Gasteiger charge is 1.67. The van der Waals surface area contributed by atoms with Gasteiger partial charge in [0.1, 0.15) is 0 Å². The van der Waals surface area contributed by atoms with Crippen LogP contribution in [0.5, 0.6) is 0 Å². The average molecular weight is 188 g/mol. The molecule has 0 saturated heterocycles. The lowest BCUT2D eigenvalue weighted by Crippen LogP contribution is -1.89. The molecule has 0 aromatic heterocycles. The first-order valence-corrected chi connectivity index (χ1v) is 3.51. The molecule has 6 heavy (non-hydrogen) atoms. The molecule has 0 spiro atoms. The molecule has 0 saturated carbocycles. The van der Waals surface area contributed by atoms with E-state index in [2.05, 4.69) is 8.53 Å². The van der Waals surface area contributed by atoms with E-state index in [1.54, 1.807) is 0 Å². The predicted molar refractivity (Wildman–Crippen MR) is 39.2 cm³/mol. The zero-order valence-electron chi connectivity index (χ0n) is 3.80. The van der Waals surface area contributed by atoms with Crippen LogP contribution in [-0.4, -0.2) is 18.8 Å². The van der Waals surface area contributed by atoms with Gasteiger partial charge in [0.2, 0.25) is 0 Å². The first-order chi connectivity index (χ1) is 2.27. The van der Waals surface area contributed by atoms with E-state index < -0.39 is 0 Å². The van der Waals surface area contributed by atoms with Gasteiger partial charge in [0.05, 0.1) is 0 Å². The maximum absolute atomic E-state index is 3.25. The molecule has 38 valence electrons. The van der Waals surface area contributed by atoms with Crippen molar-refractivity contribution in [2.75, 3.05) is 14.1 Å². The molecule has 0 aliphatic rings. The zero-order chi connectivity index (χ0) is 4.28. The number of hydrogen-bond donors (Lipinski definition) is 0. The van der Waals surface area contributed by atoms with Gasteiger partial charge in [-0.1, -0.05) is 8.53 Å². The molecule has 0 atom stereocenters. The minimum atomic E-state index is 0. The summed E-state index contributed by atoms with van der Waals surface area (Å²) in [6.45, 7) is 0. The molecule has 4 heteroatoms. The second kappa shape index (κ2) is 6.04. The van der Waals surface area contributed by atoms with Gasteiger partial charge in [-0.3, -0.25) is 4.67 Å². The highest BCUT2D eigenvalue weighted by atomic mass is 79.9. The minimum absolute atomic E-state index is 0. The van der Waals surface area contributed by atoms with E-state index in [-0.39, 0.29) is 17.0 Å². The molecular formula is C2H8BrNP2. The Bertz CT molecular complexity index is 38.5. The second-order valence-corrected chi connectivity index (χ2v) is 2.55. The molecule has 0 unspecified atom stereocenters. The Kier molecular flexibility index (Phi) is 10.2. The summed E-state index contributed by atoms with van der Waals surface area (Å²) < 4.78 is 2.01. The lowest BCUT2D eigenvalue weighted by Gasteiger charge is -1.91. The standard InChI is InChI=1S/C2H7NP2.BrH/c1-3(2)5-4;/h4H,1-2H3;1H. The molecule has 0 aliphatic heterocycles. The Morgan fingerprint density at radius 1 is 1.50 bits per heavy atom. The van der Waals surface area contributed by atoms with Gasteiger partial charge in [-0.05, 0) is 14.1 Å². The SMILES string of the molecule is Br.CN(C)P=P. The molecule has 0 radical (unpaired) electrons. The summed E-state index contributed by atoms with van der Waals surface area (Å²) in [5.41, 5.74) is 0. The van der Waals surface area contributed by atoms with E-state index in [9.17, 15) is 0 Å². The Morgan fingerprint density at radius 2 is 1.67 bits per heavy atom. The number of rotatable bonds is 1. The molecule has 0 heterocycles. The van der Waals surface area contributed by atoms with Gasteiger partial charge in [0.25, 0.3) is 0 Å². The molecule has 0 fully saturated rings. The van der Waals surface area contributed by atoms with Crippen LogP contribution in [0.4, 0.5) is 0 Å². The molecule has 0 rings (SSSR count). The maximum Gasteiger partial charge on any atom is 0.00620 e. The summed E-state index contributed by atoms with van der Waals surface area (Å²) in [5, 5.41) is 0. The van der Waals surface area contributed by atoms with Gasteiger partial charge in [0.15, 0.2) is 0 Å². The van der Waals surface area contributed by atoms with Gasteiger partial charge in [-0.15, -0.1) is 17.0 Å². The minimum Gasteiger partial charge on any atom is -0.260 e. The van der Waals surface area contributed by atoms with Gasteiger partial charge < -0.3 is 0 Å². The van der Waals surface area contributed by atoms with Crippen molar-refractivity contribution >= 4 is 33.5 Å². The van der Waals surface area contributed by atoms with E-state index in [1.165, 1.54) is 0 Å². The molecule has 0 aromatic carbocycles. The molecule has 0 aromatic rings. The fourth-order valence-electron chi connectivity index (χ4n) is 0. The van der Waals surface area contributed by atoms with Crippen molar-refractivity contribution in [2.24, 2.45) is 0 Å². The monoisotopic (exact) mass is 187 g/mol. The van der Waals surface area contributed by atoms with E-state index >= 15 is 0 Å². The van der Waals surface area contributed by atoms with E-state index in [1.807, 2.05) is 18.8 Å². The predicted octanol–water partition coefficient (Wildman–Crippen LogP) is 2.04. The largest absolute Gasteiger partial charge is 0.260 e. The van der Waals surface area contributed by atoms with Crippen molar-refractivity contribution in [1.29, 1.82) is 0 Å². The highest BCUT2D eigenvalue weighted by Crippen LogP contribution is 2.01. The van der Waals surface area contributed by atoms with Crippen molar-refractivity contribution in [3.05, 3.63) is 0 Å². The quantitative estimate of drug-likeness (QED) is 0.569. The Hall–Kier alpha value is 1.04. The molecule has 0 aliphatic carbocycles. The molecule has 0 N–H and O–H groups in total. The number of nitrogens with zero attached hydrogens (tertiary/aromatic N) is 1. The summed E-state index contributed by atoms with van der Waals surface area (Å²) >= 11 is 0. The molecule has 0 bridgehead atoms. The highest BCUT2D eigenvalue weighted by molar-refractivity contribution is 8.93. The first-order valence-electron chi connectivity index (χ1n) is 1.32. The maximum atomic E-state index is 3.25. The fraction of sp³-hybridized carbons (Fsp3) is 1.00. The van der Waals surface area contributed by atoms with Crippen molar-refractivity contribution < 1.29 is 0 Å². The lowest BCUT2D eigenvalue weighted by molar-refractivity contribution is 0.702. The van der Waals surface area contributed by atoms with Crippen molar-refractivity contribution in [3.8, 4) is 0 Å². The summed E-state index contributed by atoms with van der Waals surface area (Å²) in [6, 6.07) is 0. The van der Waals surface area contributed by atoms with Crippen LogP contribution >= 0.6 is 33.5 Å². The third-order valence-electron chi connectivity index (χ3n) is 0.200. The lowest BCUT2D eigenvalue weighted by atomic mass is 11.3. The van der Waals surface area contributed by atoms with Crippen LogP contribution < -0.4 is 0 Å². The fourth-order valence-corrected chi connectivity index (χ4v) is 0. The molecule has 0 amide bonds. The van der Waals surface area contributed by atoms with Crippen molar-refractivity contribution in [3.63, 3.8) is 0 Å². The van der Waals surface area contributed by atoms with Gasteiger partial charge >= 0.3 is 0 Å². The average Bonchev–Trinajstić information content (AvgIpc) is 1.38. The summed E-state index contributed by atoms with van der Waals surface area (Å²) in [6.07, 6.45) is 0. The Balaban J connectivity index is 0. The van der Waals surface area contributed by atoms with Gasteiger partial charge in [-0.2, -0.15) is 0 Å². The Labute approximate surface area is 52.8 Å². The number of halogens is 1. The smallest absolute Gasteiger partial charge is 0.00620 e. The summed E-state index contributed by atoms with van der Waals surface area (Å²) in [5.74, 6) is 0. The van der Waals surface area contributed by atoms with Gasteiger partial charge in [0, 0.05) is 8.02 Å². The third kappa shape index (κ3) is 8.90. The summed E-state index contributed by atoms with van der Waals surface area (Å²) in [4.78, 5) is 0.